The van der Waals surface area contributed by atoms with E-state index in [1.807, 2.05) is 6.07 Å². The number of H-pyrrole nitrogens is 1. The van der Waals surface area contributed by atoms with Crippen LogP contribution < -0.4 is 0 Å². The summed E-state index contributed by atoms with van der Waals surface area (Å²) in [6.45, 7) is 3.84. The first-order valence-corrected chi connectivity index (χ1v) is 5.90. The SMILES string of the molecule is CCOC(=O)c1c(-c2ccc(C#N)cc2)n[nH]c1C. The largest absolute Gasteiger partial charge is 0.462 e. The number of nitriles is 1. The van der Waals surface area contributed by atoms with E-state index in [9.17, 15) is 4.79 Å². The molecule has 0 bridgehead atoms. The van der Waals surface area contributed by atoms with Crippen molar-refractivity contribution in [1.29, 1.82) is 5.26 Å². The van der Waals surface area contributed by atoms with E-state index in [1.165, 1.54) is 0 Å². The fourth-order valence-corrected chi connectivity index (χ4v) is 1.79. The number of aromatic amines is 1. The van der Waals surface area contributed by atoms with Crippen molar-refractivity contribution >= 4 is 5.97 Å². The Hall–Kier alpha value is -2.61. The van der Waals surface area contributed by atoms with Gasteiger partial charge in [-0.2, -0.15) is 10.4 Å². The number of hydrogen-bond donors (Lipinski definition) is 1. The molecule has 2 aromatic rings. The van der Waals surface area contributed by atoms with Crippen molar-refractivity contribution in [2.75, 3.05) is 6.61 Å². The quantitative estimate of drug-likeness (QED) is 0.854. The zero-order chi connectivity index (χ0) is 13.8. The average molecular weight is 255 g/mol. The monoisotopic (exact) mass is 255 g/mol. The van der Waals surface area contributed by atoms with Crippen LogP contribution in [-0.4, -0.2) is 22.8 Å². The Kier molecular flexibility index (Phi) is 3.62. The van der Waals surface area contributed by atoms with Gasteiger partial charge in [-0.05, 0) is 26.0 Å². The Morgan fingerprint density at radius 2 is 2.11 bits per heavy atom. The molecule has 0 aliphatic carbocycles. The highest BCUT2D eigenvalue weighted by molar-refractivity contribution is 5.97. The molecule has 1 N–H and O–H groups in total. The lowest BCUT2D eigenvalue weighted by atomic mass is 10.0. The Morgan fingerprint density at radius 1 is 1.42 bits per heavy atom. The zero-order valence-corrected chi connectivity index (χ0v) is 10.7. The van der Waals surface area contributed by atoms with Gasteiger partial charge in [-0.1, -0.05) is 12.1 Å². The molecule has 0 spiro atoms. The minimum Gasteiger partial charge on any atom is -0.462 e. The molecule has 1 heterocycles. The molecular formula is C14H13N3O2. The summed E-state index contributed by atoms with van der Waals surface area (Å²) in [4.78, 5) is 11.9. The Morgan fingerprint density at radius 3 is 2.68 bits per heavy atom. The Balaban J connectivity index is 2.45. The van der Waals surface area contributed by atoms with Crippen LogP contribution in [0, 0.1) is 18.3 Å². The van der Waals surface area contributed by atoms with Gasteiger partial charge in [0.1, 0.15) is 11.3 Å². The average Bonchev–Trinajstić information content (AvgIpc) is 2.81. The van der Waals surface area contributed by atoms with Crippen LogP contribution in [0.2, 0.25) is 0 Å². The molecule has 0 radical (unpaired) electrons. The van der Waals surface area contributed by atoms with Gasteiger partial charge >= 0.3 is 5.97 Å². The molecule has 1 aromatic carbocycles. The van der Waals surface area contributed by atoms with Gasteiger partial charge in [0, 0.05) is 11.3 Å². The third-order valence-electron chi connectivity index (χ3n) is 2.71. The summed E-state index contributed by atoms with van der Waals surface area (Å²) in [6.07, 6.45) is 0. The van der Waals surface area contributed by atoms with Crippen molar-refractivity contribution in [2.24, 2.45) is 0 Å². The first-order chi connectivity index (χ1) is 9.17. The van der Waals surface area contributed by atoms with E-state index >= 15 is 0 Å². The van der Waals surface area contributed by atoms with Crippen LogP contribution in [0.25, 0.3) is 11.3 Å². The number of benzene rings is 1. The van der Waals surface area contributed by atoms with Crippen LogP contribution in [-0.2, 0) is 4.74 Å². The molecule has 0 saturated carbocycles. The lowest BCUT2D eigenvalue weighted by Gasteiger charge is -2.03. The lowest BCUT2D eigenvalue weighted by Crippen LogP contribution is -2.06. The number of aryl methyl sites for hydroxylation is 1. The predicted molar refractivity (Wildman–Crippen MR) is 69.4 cm³/mol. The van der Waals surface area contributed by atoms with E-state index in [1.54, 1.807) is 38.1 Å². The molecular weight excluding hydrogens is 242 g/mol. The first-order valence-electron chi connectivity index (χ1n) is 5.90. The Bertz CT molecular complexity index is 636. The second-order valence-corrected chi connectivity index (χ2v) is 3.98. The summed E-state index contributed by atoms with van der Waals surface area (Å²) in [7, 11) is 0. The van der Waals surface area contributed by atoms with E-state index in [0.717, 1.165) is 5.56 Å². The predicted octanol–water partition coefficient (Wildman–Crippen LogP) is 2.43. The van der Waals surface area contributed by atoms with Crippen LogP contribution in [0.4, 0.5) is 0 Å². The normalized spacial score (nSPS) is 9.95. The molecule has 96 valence electrons. The second kappa shape index (κ2) is 5.36. The van der Waals surface area contributed by atoms with Crippen molar-refractivity contribution < 1.29 is 9.53 Å². The first kappa shape index (κ1) is 12.8. The van der Waals surface area contributed by atoms with E-state index in [-0.39, 0.29) is 0 Å². The molecule has 1 aromatic heterocycles. The number of esters is 1. The van der Waals surface area contributed by atoms with E-state index in [0.29, 0.717) is 29.1 Å². The molecule has 2 rings (SSSR count). The van der Waals surface area contributed by atoms with Crippen LogP contribution >= 0.6 is 0 Å². The van der Waals surface area contributed by atoms with E-state index < -0.39 is 5.97 Å². The molecule has 5 heteroatoms. The molecule has 0 amide bonds. The number of nitrogens with zero attached hydrogens (tertiary/aromatic N) is 2. The minimum atomic E-state index is -0.395. The molecule has 0 aliphatic rings. The molecule has 0 aliphatic heterocycles. The number of aromatic nitrogens is 2. The number of carbonyl (C=O) groups is 1. The number of rotatable bonds is 3. The molecule has 5 nitrogen and oxygen atoms in total. The smallest absolute Gasteiger partial charge is 0.342 e. The van der Waals surface area contributed by atoms with Crippen LogP contribution in [0.15, 0.2) is 24.3 Å². The summed E-state index contributed by atoms with van der Waals surface area (Å²) in [5, 5.41) is 15.7. The number of ether oxygens (including phenoxy) is 1. The van der Waals surface area contributed by atoms with Gasteiger partial charge in [0.15, 0.2) is 0 Å². The van der Waals surface area contributed by atoms with Gasteiger partial charge in [-0.15, -0.1) is 0 Å². The second-order valence-electron chi connectivity index (χ2n) is 3.98. The van der Waals surface area contributed by atoms with Crippen molar-refractivity contribution in [3.63, 3.8) is 0 Å². The third kappa shape index (κ3) is 2.47. The lowest BCUT2D eigenvalue weighted by molar-refractivity contribution is 0.0526. The van der Waals surface area contributed by atoms with Crippen LogP contribution in [0.1, 0.15) is 28.5 Å². The highest BCUT2D eigenvalue weighted by Gasteiger charge is 2.20. The maximum Gasteiger partial charge on any atom is 0.342 e. The van der Waals surface area contributed by atoms with Crippen molar-refractivity contribution in [2.45, 2.75) is 13.8 Å². The van der Waals surface area contributed by atoms with Gasteiger partial charge in [-0.25, -0.2) is 4.79 Å². The van der Waals surface area contributed by atoms with E-state index in [4.69, 9.17) is 10.00 Å². The van der Waals surface area contributed by atoms with Gasteiger partial charge in [0.25, 0.3) is 0 Å². The zero-order valence-electron chi connectivity index (χ0n) is 10.7. The molecule has 0 atom stereocenters. The summed E-state index contributed by atoms with van der Waals surface area (Å²) < 4.78 is 5.02. The summed E-state index contributed by atoms with van der Waals surface area (Å²) in [5.41, 5.74) is 2.98. The molecule has 0 unspecified atom stereocenters. The third-order valence-corrected chi connectivity index (χ3v) is 2.71. The highest BCUT2D eigenvalue weighted by Crippen LogP contribution is 2.24. The van der Waals surface area contributed by atoms with Gasteiger partial charge in [-0.3, -0.25) is 5.10 Å². The van der Waals surface area contributed by atoms with Crippen LogP contribution in [0.5, 0.6) is 0 Å². The van der Waals surface area contributed by atoms with Crippen molar-refractivity contribution in [3.8, 4) is 17.3 Å². The summed E-state index contributed by atoms with van der Waals surface area (Å²) in [5.74, 6) is -0.395. The fraction of sp³-hybridized carbons (Fsp3) is 0.214. The molecule has 19 heavy (non-hydrogen) atoms. The minimum absolute atomic E-state index is 0.316. The molecule has 0 fully saturated rings. The number of carbonyl (C=O) groups excluding carboxylic acids is 1. The van der Waals surface area contributed by atoms with Gasteiger partial charge in [0.05, 0.1) is 18.2 Å². The topological polar surface area (TPSA) is 78.8 Å². The fourth-order valence-electron chi connectivity index (χ4n) is 1.79. The van der Waals surface area contributed by atoms with Crippen molar-refractivity contribution in [3.05, 3.63) is 41.1 Å². The van der Waals surface area contributed by atoms with Gasteiger partial charge in [0.2, 0.25) is 0 Å². The van der Waals surface area contributed by atoms with E-state index in [2.05, 4.69) is 10.2 Å². The standard InChI is InChI=1S/C14H13N3O2/c1-3-19-14(18)12-9(2)16-17-13(12)11-6-4-10(8-15)5-7-11/h4-7H,3H2,1-2H3,(H,16,17). The van der Waals surface area contributed by atoms with Crippen molar-refractivity contribution in [1.82, 2.24) is 10.2 Å². The summed E-state index contributed by atoms with van der Waals surface area (Å²) >= 11 is 0. The van der Waals surface area contributed by atoms with Gasteiger partial charge < -0.3 is 4.74 Å². The maximum absolute atomic E-state index is 11.9. The molecule has 0 saturated heterocycles. The van der Waals surface area contributed by atoms with Crippen LogP contribution in [0.3, 0.4) is 0 Å². The maximum atomic E-state index is 11.9. The summed E-state index contributed by atoms with van der Waals surface area (Å²) in [6, 6.07) is 8.95. The highest BCUT2D eigenvalue weighted by atomic mass is 16.5. The number of nitrogens with one attached hydrogen (secondary N) is 1. The Labute approximate surface area is 110 Å². The number of hydrogen-bond acceptors (Lipinski definition) is 4.